The van der Waals surface area contributed by atoms with E-state index in [1.165, 1.54) is 120 Å². The van der Waals surface area contributed by atoms with Gasteiger partial charge in [-0.05, 0) is 57.8 Å². The molecule has 102 heavy (non-hydrogen) atoms. The molecule has 3 heterocycles. The minimum absolute atomic E-state index is 0.0245. The molecule has 3 aliphatic heterocycles. The maximum Gasteiger partial charge on any atom is 0.377 e. The zero-order valence-corrected chi connectivity index (χ0v) is 65.9. The van der Waals surface area contributed by atoms with Crippen molar-refractivity contribution in [1.82, 2.24) is 31.5 Å². The summed E-state index contributed by atoms with van der Waals surface area (Å²) in [4.78, 5) is 86.0. The highest BCUT2D eigenvalue weighted by Gasteiger charge is 2.45. The van der Waals surface area contributed by atoms with E-state index in [2.05, 4.69) is 40.4 Å². The Morgan fingerprint density at radius 2 is 1.11 bits per heavy atom. The number of rotatable bonds is 62. The number of nitrogens with zero attached hydrogens (tertiary/aromatic N) is 2. The Labute approximate surface area is 619 Å². The number of hydrogen-bond acceptors (Lipinski definition) is 18. The summed E-state index contributed by atoms with van der Waals surface area (Å²) in [6, 6.07) is -1.38. The lowest BCUT2D eigenvalue weighted by atomic mass is 9.99. The Morgan fingerprint density at radius 1 is 0.627 bits per heavy atom. The van der Waals surface area contributed by atoms with Crippen LogP contribution in [0.3, 0.4) is 0 Å². The van der Waals surface area contributed by atoms with Crippen molar-refractivity contribution >= 4 is 49.6 Å². The van der Waals surface area contributed by atoms with E-state index >= 15 is 0 Å². The second kappa shape index (κ2) is 58.9. The number of urea groups is 1. The third kappa shape index (κ3) is 46.9. The fraction of sp³-hybridized carbons (Fsp3) is 0.882. The number of likely N-dealkylation sites (N-methyl/N-ethyl adjacent to an activating group) is 2. The average molecular weight is 1490 g/mol. The maximum atomic E-state index is 12.9. The SMILES string of the molecule is CCCCCCCCCCCCC/C=C/[C@@H](O)C(CO[P+]([O-])(O)OCC[N+](C)(C)C)NC(=O)CCCCCCCCCCCNC(=O)CN(C)C(=O)CCCC[C@@H]1SC[C@H]2NC(=O)N[C@@H]12.CCCCCCCCCCCCC/C=C/[C@@H](O)[C@@H](COC1OC(CO)C(O)C(O)C1O)NC(=O)CCC. The molecule has 0 aliphatic carbocycles. The van der Waals surface area contributed by atoms with E-state index in [-0.39, 0.29) is 68.1 Å². The molecule has 24 nitrogen and oxygen atoms in total. The first-order chi connectivity index (χ1) is 48.9. The molecule has 0 bridgehead atoms. The highest BCUT2D eigenvalue weighted by Crippen LogP contribution is 2.47. The van der Waals surface area contributed by atoms with Crippen LogP contribution in [-0.4, -0.2) is 227 Å². The summed E-state index contributed by atoms with van der Waals surface area (Å²) in [6.45, 7) is 6.45. The standard InChI is InChI=1S/C48H91N6O9PS.C28H53NO8/c1-6-7-8-9-10-11-12-13-14-16-19-22-25-30-42(55)40(38-63-64(60,61)62-36-35-54(3,4)5)50-44(56)32-26-23-20-17-15-18-21-24-29-34-49-45(57)37-53(2)46(58)33-28-27-31-43-47-41(39-65-43)51-48(59)52-47;1-3-5-6-7-8-9-10-11-12-13-14-15-16-18-22(31)21(29-24(32)17-4-2)20-36-28-27(35)26(34)25(33)23(19-30)37-28/h25,30,40-43,47,55H,6-24,26-29,31-39H2,1-5H3,(H4-,49,50,51,52,56,57,59,60,61);16,18,21-23,25-28,30-31,33-35H,3-15,17,19-20H2,1-2H3,(H,29,32)/p+1/b30-25+;18-16+/t40?,41-,42-,43+,47-;21-,22-,23?,25?,26?,27?,28?/m11/s1. The topological polar surface area (TPSA) is 350 Å². The molecule has 0 aromatic heterocycles. The first kappa shape index (κ1) is 95.0. The number of fused-ring (bicyclic) bond motifs is 1. The molecule has 3 aliphatic rings. The van der Waals surface area contributed by atoms with Crippen molar-refractivity contribution < 1.29 is 87.4 Å². The smallest absolute Gasteiger partial charge is 0.377 e. The van der Waals surface area contributed by atoms with Gasteiger partial charge in [0.15, 0.2) is 6.29 Å². The fourth-order valence-electron chi connectivity index (χ4n) is 12.6. The number of carbonyl (C=O) groups excluding carboxylic acids is 5. The van der Waals surface area contributed by atoms with E-state index in [1.54, 1.807) is 19.2 Å². The second-order valence-corrected chi connectivity index (χ2v) is 32.4. The number of phosphoric ester groups is 1. The highest BCUT2D eigenvalue weighted by molar-refractivity contribution is 8.00. The number of amides is 6. The number of aliphatic hydroxyl groups is 6. The van der Waals surface area contributed by atoms with Crippen molar-refractivity contribution in [3.8, 4) is 0 Å². The van der Waals surface area contributed by atoms with Crippen LogP contribution in [0.5, 0.6) is 0 Å². The first-order valence-electron chi connectivity index (χ1n) is 39.8. The largest absolute Gasteiger partial charge is 0.606 e. The molecule has 0 spiro atoms. The number of thioether (sulfide) groups is 1. The Balaban J connectivity index is 0.000000808. The number of allylic oxidation sites excluding steroid dienone is 2. The number of phosphoric acid groups is 1. The van der Waals surface area contributed by atoms with Gasteiger partial charge in [0.25, 0.3) is 0 Å². The van der Waals surface area contributed by atoms with Gasteiger partial charge in [-0.15, -0.1) is 0 Å². The fourth-order valence-corrected chi connectivity index (χ4v) is 14.8. The van der Waals surface area contributed by atoms with E-state index < -0.39 is 69.8 Å². The maximum absolute atomic E-state index is 12.9. The zero-order chi connectivity index (χ0) is 75.2. The van der Waals surface area contributed by atoms with Crippen LogP contribution < -0.4 is 31.5 Å². The van der Waals surface area contributed by atoms with Gasteiger partial charge in [-0.2, -0.15) is 25.7 Å². The normalized spacial score (nSPS) is 21.5. The number of aliphatic hydroxyl groups excluding tert-OH is 6. The molecular weight excluding hydrogens is 1350 g/mol. The lowest BCUT2D eigenvalue weighted by Crippen LogP contribution is -2.60. The van der Waals surface area contributed by atoms with Crippen LogP contribution in [0.1, 0.15) is 278 Å². The van der Waals surface area contributed by atoms with E-state index in [9.17, 15) is 64.4 Å². The Hall–Kier alpha value is -3.11. The summed E-state index contributed by atoms with van der Waals surface area (Å²) in [6.07, 6.45) is 40.8. The van der Waals surface area contributed by atoms with Gasteiger partial charge < -0.3 is 81.0 Å². The molecule has 26 heteroatoms. The van der Waals surface area contributed by atoms with Gasteiger partial charge in [-0.1, -0.05) is 225 Å². The molecule has 3 rings (SSSR count). The number of hydrogen-bond donors (Lipinski definition) is 12. The average Bonchev–Trinajstić information content (AvgIpc) is 1.61. The molecule has 3 saturated heterocycles. The van der Waals surface area contributed by atoms with E-state index in [0.29, 0.717) is 54.9 Å². The van der Waals surface area contributed by atoms with Gasteiger partial charge in [0.2, 0.25) is 23.6 Å². The zero-order valence-electron chi connectivity index (χ0n) is 64.1. The summed E-state index contributed by atoms with van der Waals surface area (Å²) in [7, 11) is 3.15. The van der Waals surface area contributed by atoms with E-state index in [1.807, 2.05) is 52.0 Å². The lowest BCUT2D eigenvalue weighted by Gasteiger charge is -2.40. The van der Waals surface area contributed by atoms with Crippen LogP contribution in [0.15, 0.2) is 24.3 Å². The molecule has 13 atom stereocenters. The molecule has 3 fully saturated rings. The van der Waals surface area contributed by atoms with Crippen LogP contribution in [-0.2, 0) is 37.7 Å². The summed E-state index contributed by atoms with van der Waals surface area (Å²) < 4.78 is 21.9. The molecule has 0 saturated carbocycles. The predicted octanol–water partition coefficient (Wildman–Crippen LogP) is 9.77. The molecular formula is C76H145N7O17PS+. The Bertz CT molecular complexity index is 2220. The summed E-state index contributed by atoms with van der Waals surface area (Å²) in [5, 5.41) is 75.9. The predicted molar refractivity (Wildman–Crippen MR) is 406 cm³/mol. The summed E-state index contributed by atoms with van der Waals surface area (Å²) in [5.74, 6) is 0.301. The highest BCUT2D eigenvalue weighted by atomic mass is 32.2. The number of ether oxygens (including phenoxy) is 2. The van der Waals surface area contributed by atoms with Crippen LogP contribution in [0, 0.1) is 0 Å². The molecule has 0 aromatic carbocycles. The van der Waals surface area contributed by atoms with Gasteiger partial charge in [-0.3, -0.25) is 19.2 Å². The number of nitrogens with one attached hydrogen (secondary N) is 5. The lowest BCUT2D eigenvalue weighted by molar-refractivity contribution is -0.870. The van der Waals surface area contributed by atoms with Crippen LogP contribution in [0.25, 0.3) is 0 Å². The molecule has 12 N–H and O–H groups in total. The monoisotopic (exact) mass is 1490 g/mol. The van der Waals surface area contributed by atoms with Crippen molar-refractivity contribution in [1.29, 1.82) is 0 Å². The van der Waals surface area contributed by atoms with Gasteiger partial charge in [0.1, 0.15) is 44.2 Å². The van der Waals surface area contributed by atoms with Crippen LogP contribution in [0.2, 0.25) is 0 Å². The van der Waals surface area contributed by atoms with Gasteiger partial charge in [0, 0.05) is 43.9 Å². The van der Waals surface area contributed by atoms with Gasteiger partial charge in [-0.25, -0.2) is 4.79 Å². The van der Waals surface area contributed by atoms with Crippen LogP contribution >= 0.6 is 19.9 Å². The van der Waals surface area contributed by atoms with Crippen molar-refractivity contribution in [3.63, 3.8) is 0 Å². The molecule has 6 amide bonds. The van der Waals surface area contributed by atoms with Crippen LogP contribution in [0.4, 0.5) is 4.79 Å². The second-order valence-electron chi connectivity index (χ2n) is 29.6. The summed E-state index contributed by atoms with van der Waals surface area (Å²) in [5.41, 5.74) is 0. The van der Waals surface area contributed by atoms with E-state index in [0.717, 1.165) is 115 Å². The van der Waals surface area contributed by atoms with Crippen molar-refractivity contribution in [2.24, 2.45) is 0 Å². The van der Waals surface area contributed by atoms with Gasteiger partial charge >= 0.3 is 14.2 Å². The quantitative estimate of drug-likeness (QED) is 0.00885. The minimum atomic E-state index is -4.38. The molecule has 0 radical (unpaired) electrons. The third-order valence-corrected chi connectivity index (χ3v) is 21.6. The van der Waals surface area contributed by atoms with Crippen molar-refractivity contribution in [2.75, 3.05) is 80.0 Å². The van der Waals surface area contributed by atoms with Crippen molar-refractivity contribution in [3.05, 3.63) is 24.3 Å². The van der Waals surface area contributed by atoms with E-state index in [4.69, 9.17) is 18.5 Å². The molecule has 596 valence electrons. The number of unbranched alkanes of at least 4 members (excludes halogenated alkanes) is 31. The molecule has 7 unspecified atom stereocenters. The third-order valence-electron chi connectivity index (χ3n) is 19.1. The number of quaternary nitrogens is 1. The Kier molecular flexibility index (Phi) is 54.9. The molecule has 0 aromatic rings. The van der Waals surface area contributed by atoms with Crippen molar-refractivity contribution in [2.45, 2.75) is 350 Å². The Morgan fingerprint density at radius 3 is 1.62 bits per heavy atom. The number of carbonyl (C=O) groups is 5. The minimum Gasteiger partial charge on any atom is -0.606 e. The first-order valence-corrected chi connectivity index (χ1v) is 42.3. The van der Waals surface area contributed by atoms with Gasteiger partial charge in [0.05, 0.1) is 77.3 Å². The summed E-state index contributed by atoms with van der Waals surface area (Å²) >= 11 is 1.88.